The third-order valence-electron chi connectivity index (χ3n) is 7.49. The lowest BCUT2D eigenvalue weighted by molar-refractivity contribution is -0.110. The van der Waals surface area contributed by atoms with E-state index in [0.717, 1.165) is 84.0 Å². The summed E-state index contributed by atoms with van der Waals surface area (Å²) in [5, 5.41) is 3.00. The maximum atomic E-state index is 13.4. The third-order valence-corrected chi connectivity index (χ3v) is 7.49. The number of amides is 2. The number of aromatic nitrogens is 2. The molecule has 7 nitrogen and oxygen atoms in total. The lowest BCUT2D eigenvalue weighted by Crippen LogP contribution is -2.42. The molecule has 5 heterocycles. The molecule has 0 saturated carbocycles. The second kappa shape index (κ2) is 8.82. The molecule has 0 spiro atoms. The number of pyridine rings is 1. The first-order chi connectivity index (χ1) is 17.1. The Bertz CT molecular complexity index is 1330. The number of rotatable bonds is 5. The second-order valence-electron chi connectivity index (χ2n) is 9.58. The maximum absolute atomic E-state index is 13.4. The van der Waals surface area contributed by atoms with Gasteiger partial charge in [-0.15, -0.1) is 0 Å². The molecule has 0 aliphatic carbocycles. The lowest BCUT2D eigenvalue weighted by Gasteiger charge is -2.29. The van der Waals surface area contributed by atoms with Crippen LogP contribution in [-0.4, -0.2) is 64.3 Å². The van der Waals surface area contributed by atoms with Gasteiger partial charge in [-0.1, -0.05) is 12.1 Å². The van der Waals surface area contributed by atoms with Gasteiger partial charge in [0.15, 0.2) is 0 Å². The number of aromatic amines is 1. The number of benzene rings is 1. The highest BCUT2D eigenvalue weighted by molar-refractivity contribution is 6.36. The fraction of sp³-hybridized carbons (Fsp3) is 0.321. The van der Waals surface area contributed by atoms with E-state index in [9.17, 15) is 9.59 Å². The molecule has 0 bridgehead atoms. The van der Waals surface area contributed by atoms with E-state index in [1.54, 1.807) is 12.4 Å². The van der Waals surface area contributed by atoms with Crippen molar-refractivity contribution in [2.24, 2.45) is 0 Å². The minimum absolute atomic E-state index is 0.0950. The van der Waals surface area contributed by atoms with Crippen LogP contribution in [0.1, 0.15) is 45.7 Å². The predicted octanol–water partition coefficient (Wildman–Crippen LogP) is 3.97. The van der Waals surface area contributed by atoms with Gasteiger partial charge in [0.05, 0.1) is 11.1 Å². The summed E-state index contributed by atoms with van der Waals surface area (Å²) in [6.45, 7) is 6.69. The molecule has 1 aromatic carbocycles. The first-order valence-corrected chi connectivity index (χ1v) is 12.4. The monoisotopic (exact) mass is 467 g/mol. The third kappa shape index (κ3) is 3.86. The van der Waals surface area contributed by atoms with Gasteiger partial charge < -0.3 is 20.1 Å². The summed E-state index contributed by atoms with van der Waals surface area (Å²) in [5.41, 5.74) is 7.75. The molecular weight excluding hydrogens is 438 g/mol. The van der Waals surface area contributed by atoms with Gasteiger partial charge in [0.1, 0.15) is 0 Å². The highest BCUT2D eigenvalue weighted by atomic mass is 16.2. The van der Waals surface area contributed by atoms with Crippen molar-refractivity contribution >= 4 is 29.2 Å². The summed E-state index contributed by atoms with van der Waals surface area (Å²) in [7, 11) is 0. The molecule has 35 heavy (non-hydrogen) atoms. The minimum Gasteiger partial charge on any atom is -0.358 e. The average Bonchev–Trinajstić information content (AvgIpc) is 3.58. The van der Waals surface area contributed by atoms with Gasteiger partial charge in [-0.05, 0) is 73.8 Å². The number of hydrogen-bond acceptors (Lipinski definition) is 4. The van der Waals surface area contributed by atoms with Crippen molar-refractivity contribution in [3.8, 4) is 11.1 Å². The molecular formula is C28H29N5O2. The number of anilines is 1. The Balaban J connectivity index is 1.33. The molecule has 178 valence electrons. The van der Waals surface area contributed by atoms with E-state index >= 15 is 0 Å². The van der Waals surface area contributed by atoms with Crippen molar-refractivity contribution in [2.75, 3.05) is 38.0 Å². The van der Waals surface area contributed by atoms with Crippen molar-refractivity contribution in [2.45, 2.75) is 26.2 Å². The summed E-state index contributed by atoms with van der Waals surface area (Å²) in [6, 6.07) is 9.80. The number of nitrogens with one attached hydrogen (secondary N) is 2. The van der Waals surface area contributed by atoms with Crippen molar-refractivity contribution < 1.29 is 9.59 Å². The molecule has 3 aliphatic heterocycles. The summed E-state index contributed by atoms with van der Waals surface area (Å²) in [6.07, 6.45) is 8.73. The average molecular weight is 468 g/mol. The summed E-state index contributed by atoms with van der Waals surface area (Å²) < 4.78 is 0. The molecule has 3 aromatic rings. The molecule has 2 aromatic heterocycles. The van der Waals surface area contributed by atoms with Crippen LogP contribution in [0.3, 0.4) is 0 Å². The lowest BCUT2D eigenvalue weighted by atomic mass is 9.94. The van der Waals surface area contributed by atoms with Gasteiger partial charge in [0.25, 0.3) is 11.8 Å². The number of carbonyl (C=O) groups is 2. The SMILES string of the molecule is Cc1c(C=C2C(=O)Nc3cccc(-c4ccncc4)c32)[nH]c2c1C(=O)N(CCN1CCCC1)CC2. The molecule has 0 unspecified atom stereocenters. The van der Waals surface area contributed by atoms with Crippen molar-refractivity contribution in [3.63, 3.8) is 0 Å². The van der Waals surface area contributed by atoms with Crippen LogP contribution >= 0.6 is 0 Å². The van der Waals surface area contributed by atoms with Crippen LogP contribution in [0.25, 0.3) is 22.8 Å². The molecule has 0 atom stereocenters. The number of fused-ring (bicyclic) bond motifs is 2. The first-order valence-electron chi connectivity index (χ1n) is 12.4. The smallest absolute Gasteiger partial charge is 0.256 e. The highest BCUT2D eigenvalue weighted by Gasteiger charge is 2.31. The number of hydrogen-bond donors (Lipinski definition) is 2. The minimum atomic E-state index is -0.132. The maximum Gasteiger partial charge on any atom is 0.256 e. The molecule has 2 N–H and O–H groups in total. The summed E-state index contributed by atoms with van der Waals surface area (Å²) in [4.78, 5) is 38.4. The van der Waals surface area contributed by atoms with Gasteiger partial charge in [0, 0.05) is 61.1 Å². The van der Waals surface area contributed by atoms with E-state index in [2.05, 4.69) is 20.2 Å². The van der Waals surface area contributed by atoms with Gasteiger partial charge >= 0.3 is 0 Å². The summed E-state index contributed by atoms with van der Waals surface area (Å²) in [5.74, 6) is -0.0374. The van der Waals surface area contributed by atoms with E-state index < -0.39 is 0 Å². The quantitative estimate of drug-likeness (QED) is 0.557. The standard InChI is InChI=1S/C28H29N5O2/c1-18-24(30-23-9-14-33(28(35)25(18)23)16-15-32-12-2-3-13-32)17-21-26-20(19-7-10-29-11-8-19)5-4-6-22(26)31-27(21)34/h4-8,10-11,17,30H,2-3,9,12-16H2,1H3,(H,31,34). The molecule has 7 heteroatoms. The topological polar surface area (TPSA) is 81.3 Å². The Morgan fingerprint density at radius 2 is 1.80 bits per heavy atom. The fourth-order valence-electron chi connectivity index (χ4n) is 5.59. The Hall–Kier alpha value is -3.71. The van der Waals surface area contributed by atoms with Crippen LogP contribution < -0.4 is 5.32 Å². The van der Waals surface area contributed by atoms with E-state index in [-0.39, 0.29) is 11.8 Å². The Morgan fingerprint density at radius 1 is 1.00 bits per heavy atom. The Morgan fingerprint density at radius 3 is 2.60 bits per heavy atom. The zero-order chi connectivity index (χ0) is 23.9. The zero-order valence-corrected chi connectivity index (χ0v) is 19.9. The molecule has 1 fully saturated rings. The largest absolute Gasteiger partial charge is 0.358 e. The highest BCUT2D eigenvalue weighted by Crippen LogP contribution is 2.40. The van der Waals surface area contributed by atoms with Crippen molar-refractivity contribution in [1.82, 2.24) is 19.8 Å². The van der Waals surface area contributed by atoms with E-state index in [4.69, 9.17) is 0 Å². The van der Waals surface area contributed by atoms with Crippen LogP contribution in [0.15, 0.2) is 42.7 Å². The number of H-pyrrole nitrogens is 1. The Kier molecular flexibility index (Phi) is 5.49. The van der Waals surface area contributed by atoms with Gasteiger partial charge in [0.2, 0.25) is 0 Å². The van der Waals surface area contributed by atoms with Crippen LogP contribution in [0, 0.1) is 6.92 Å². The predicted molar refractivity (Wildman–Crippen MR) is 137 cm³/mol. The van der Waals surface area contributed by atoms with Crippen molar-refractivity contribution in [3.05, 3.63) is 70.8 Å². The van der Waals surface area contributed by atoms with Crippen LogP contribution in [0.5, 0.6) is 0 Å². The molecule has 0 radical (unpaired) electrons. The van der Waals surface area contributed by atoms with E-state index in [1.807, 2.05) is 48.2 Å². The summed E-state index contributed by atoms with van der Waals surface area (Å²) >= 11 is 0. The number of likely N-dealkylation sites (tertiary alicyclic amines) is 1. The normalized spacial score (nSPS) is 18.8. The van der Waals surface area contributed by atoms with Crippen LogP contribution in [0.2, 0.25) is 0 Å². The van der Waals surface area contributed by atoms with Crippen LogP contribution in [0.4, 0.5) is 5.69 Å². The van der Waals surface area contributed by atoms with E-state index in [1.165, 1.54) is 12.8 Å². The number of carbonyl (C=O) groups excluding carboxylic acids is 2. The fourth-order valence-corrected chi connectivity index (χ4v) is 5.59. The molecule has 3 aliphatic rings. The molecule has 1 saturated heterocycles. The van der Waals surface area contributed by atoms with Gasteiger partial charge in [-0.25, -0.2) is 0 Å². The molecule has 2 amide bonds. The molecule has 6 rings (SSSR count). The van der Waals surface area contributed by atoms with Crippen LogP contribution in [-0.2, 0) is 11.2 Å². The van der Waals surface area contributed by atoms with E-state index in [0.29, 0.717) is 5.57 Å². The van der Waals surface area contributed by atoms with Gasteiger partial charge in [-0.3, -0.25) is 14.6 Å². The number of nitrogens with zero attached hydrogens (tertiary/aromatic N) is 3. The van der Waals surface area contributed by atoms with Crippen molar-refractivity contribution in [1.29, 1.82) is 0 Å². The second-order valence-corrected chi connectivity index (χ2v) is 9.58. The Labute approximate surface area is 204 Å². The van der Waals surface area contributed by atoms with Gasteiger partial charge in [-0.2, -0.15) is 0 Å². The zero-order valence-electron chi connectivity index (χ0n) is 19.9. The first kappa shape index (κ1) is 21.8.